The Morgan fingerprint density at radius 3 is 2.50 bits per heavy atom. The Morgan fingerprint density at radius 2 is 1.94 bits per heavy atom. The van der Waals surface area contributed by atoms with Crippen LogP contribution in [-0.4, -0.2) is 0 Å². The van der Waals surface area contributed by atoms with Gasteiger partial charge in [-0.2, -0.15) is 0 Å². The molecule has 0 saturated carbocycles. The van der Waals surface area contributed by atoms with Crippen molar-refractivity contribution in [1.29, 1.82) is 0 Å². The van der Waals surface area contributed by atoms with E-state index >= 15 is 0 Å². The molecule has 0 heterocycles. The van der Waals surface area contributed by atoms with Crippen molar-refractivity contribution in [2.24, 2.45) is 0 Å². The highest BCUT2D eigenvalue weighted by Gasteiger charge is 1.91. The number of hydrogen-bond acceptors (Lipinski definition) is 0. The van der Waals surface area contributed by atoms with Crippen LogP contribution < -0.4 is 0 Å². The summed E-state index contributed by atoms with van der Waals surface area (Å²) in [4.78, 5) is 0. The summed E-state index contributed by atoms with van der Waals surface area (Å²) in [6.07, 6.45) is 8.66. The number of rotatable bonds is 5. The van der Waals surface area contributed by atoms with Gasteiger partial charge in [-0.15, -0.1) is 0 Å². The van der Waals surface area contributed by atoms with Gasteiger partial charge < -0.3 is 0 Å². The predicted molar refractivity (Wildman–Crippen MR) is 73.3 cm³/mol. The Morgan fingerprint density at radius 1 is 1.25 bits per heavy atom. The zero-order valence-electron chi connectivity index (χ0n) is 10.2. The van der Waals surface area contributed by atoms with E-state index in [1.54, 1.807) is 0 Å². The molecule has 0 aliphatic heterocycles. The van der Waals surface area contributed by atoms with Crippen LogP contribution in [0.3, 0.4) is 0 Å². The van der Waals surface area contributed by atoms with Crippen LogP contribution in [0, 0.1) is 0 Å². The van der Waals surface area contributed by atoms with E-state index in [4.69, 9.17) is 0 Å². The molecule has 0 spiro atoms. The fraction of sp³-hybridized carbons (Fsp3) is 0.250. The lowest BCUT2D eigenvalue weighted by molar-refractivity contribution is 1.03. The van der Waals surface area contributed by atoms with Crippen LogP contribution in [0.5, 0.6) is 0 Å². The van der Waals surface area contributed by atoms with Crippen molar-refractivity contribution in [3.05, 3.63) is 65.8 Å². The Labute approximate surface area is 99.0 Å². The van der Waals surface area contributed by atoms with Gasteiger partial charge in [-0.25, -0.2) is 0 Å². The first-order valence-corrected chi connectivity index (χ1v) is 5.79. The average molecular weight is 212 g/mol. The van der Waals surface area contributed by atoms with Gasteiger partial charge in [-0.1, -0.05) is 73.2 Å². The van der Waals surface area contributed by atoms with E-state index in [1.807, 2.05) is 13.0 Å². The van der Waals surface area contributed by atoms with Gasteiger partial charge in [0.15, 0.2) is 0 Å². The van der Waals surface area contributed by atoms with Gasteiger partial charge in [0.1, 0.15) is 0 Å². The topological polar surface area (TPSA) is 0 Å². The Kier molecular flexibility index (Phi) is 5.35. The van der Waals surface area contributed by atoms with Crippen LogP contribution >= 0.6 is 0 Å². The lowest BCUT2D eigenvalue weighted by Crippen LogP contribution is -1.79. The summed E-state index contributed by atoms with van der Waals surface area (Å²) in [5.74, 6) is 0. The molecule has 0 unspecified atom stereocenters. The molecule has 16 heavy (non-hydrogen) atoms. The van der Waals surface area contributed by atoms with Gasteiger partial charge in [0.2, 0.25) is 0 Å². The van der Waals surface area contributed by atoms with E-state index in [0.717, 1.165) is 18.4 Å². The minimum Gasteiger partial charge on any atom is -0.0961 e. The summed E-state index contributed by atoms with van der Waals surface area (Å²) in [7, 11) is 0. The first-order valence-electron chi connectivity index (χ1n) is 5.79. The minimum absolute atomic E-state index is 1.01. The number of benzene rings is 1. The fourth-order valence-corrected chi connectivity index (χ4v) is 1.56. The molecular weight excluding hydrogens is 192 g/mol. The third kappa shape index (κ3) is 4.79. The Bertz CT molecular complexity index is 380. The molecule has 1 aromatic rings. The third-order valence-corrected chi connectivity index (χ3v) is 2.39. The van der Waals surface area contributed by atoms with Crippen LogP contribution in [-0.2, 0) is 0 Å². The quantitative estimate of drug-likeness (QED) is 0.602. The van der Waals surface area contributed by atoms with Gasteiger partial charge in [0.05, 0.1) is 0 Å². The molecule has 0 heteroatoms. The van der Waals surface area contributed by atoms with E-state index < -0.39 is 0 Å². The summed E-state index contributed by atoms with van der Waals surface area (Å²) in [6, 6.07) is 10.4. The lowest BCUT2D eigenvalue weighted by Gasteiger charge is -2.00. The maximum atomic E-state index is 3.91. The lowest BCUT2D eigenvalue weighted by atomic mass is 10.1. The highest BCUT2D eigenvalue weighted by atomic mass is 14.0. The second-order valence-electron chi connectivity index (χ2n) is 4.02. The molecular formula is C16H20. The first-order chi connectivity index (χ1) is 7.72. The van der Waals surface area contributed by atoms with E-state index in [9.17, 15) is 0 Å². The van der Waals surface area contributed by atoms with Crippen molar-refractivity contribution >= 4 is 6.08 Å². The Balaban J connectivity index is 2.56. The first kappa shape index (κ1) is 12.5. The summed E-state index contributed by atoms with van der Waals surface area (Å²) < 4.78 is 0. The van der Waals surface area contributed by atoms with Gasteiger partial charge in [-0.3, -0.25) is 0 Å². The summed E-state index contributed by atoms with van der Waals surface area (Å²) in [5, 5.41) is 0. The molecule has 84 valence electrons. The molecule has 0 bridgehead atoms. The number of hydrogen-bond donors (Lipinski definition) is 0. The predicted octanol–water partition coefficient (Wildman–Crippen LogP) is 5.00. The Hall–Kier alpha value is -1.56. The molecule has 1 rings (SSSR count). The van der Waals surface area contributed by atoms with E-state index in [0.29, 0.717) is 0 Å². The van der Waals surface area contributed by atoms with Gasteiger partial charge >= 0.3 is 0 Å². The van der Waals surface area contributed by atoms with Crippen molar-refractivity contribution in [1.82, 2.24) is 0 Å². The SMILES string of the molecule is C=C(C)/C=C(\CC)C/C=C/c1ccccc1. The third-order valence-electron chi connectivity index (χ3n) is 2.39. The van der Waals surface area contributed by atoms with Crippen molar-refractivity contribution in [3.8, 4) is 0 Å². The second kappa shape index (κ2) is 6.84. The molecule has 0 saturated heterocycles. The van der Waals surface area contributed by atoms with Crippen LogP contribution in [0.25, 0.3) is 6.08 Å². The smallest absolute Gasteiger partial charge is 0.0132 e. The molecule has 0 aromatic heterocycles. The monoisotopic (exact) mass is 212 g/mol. The highest BCUT2D eigenvalue weighted by molar-refractivity contribution is 5.49. The summed E-state index contributed by atoms with van der Waals surface area (Å²) >= 11 is 0. The van der Waals surface area contributed by atoms with Crippen molar-refractivity contribution in [2.45, 2.75) is 26.7 Å². The normalized spacial score (nSPS) is 12.0. The maximum Gasteiger partial charge on any atom is -0.0132 e. The molecule has 0 amide bonds. The molecule has 0 fully saturated rings. The van der Waals surface area contributed by atoms with Crippen LogP contribution in [0.4, 0.5) is 0 Å². The van der Waals surface area contributed by atoms with Crippen molar-refractivity contribution < 1.29 is 0 Å². The largest absolute Gasteiger partial charge is 0.0961 e. The molecule has 0 aliphatic carbocycles. The average Bonchev–Trinajstić information content (AvgIpc) is 2.28. The second-order valence-corrected chi connectivity index (χ2v) is 4.02. The zero-order valence-corrected chi connectivity index (χ0v) is 10.2. The molecule has 1 aromatic carbocycles. The van der Waals surface area contributed by atoms with E-state index in [1.165, 1.54) is 11.1 Å². The molecule has 0 radical (unpaired) electrons. The zero-order chi connectivity index (χ0) is 11.8. The van der Waals surface area contributed by atoms with Crippen molar-refractivity contribution in [2.75, 3.05) is 0 Å². The minimum atomic E-state index is 1.01. The fourth-order valence-electron chi connectivity index (χ4n) is 1.56. The van der Waals surface area contributed by atoms with E-state index in [2.05, 4.69) is 56.0 Å². The van der Waals surface area contributed by atoms with Gasteiger partial charge in [-0.05, 0) is 25.3 Å². The van der Waals surface area contributed by atoms with Gasteiger partial charge in [0.25, 0.3) is 0 Å². The highest BCUT2D eigenvalue weighted by Crippen LogP contribution is 2.11. The van der Waals surface area contributed by atoms with Crippen LogP contribution in [0.2, 0.25) is 0 Å². The molecule has 0 aliphatic rings. The van der Waals surface area contributed by atoms with E-state index in [-0.39, 0.29) is 0 Å². The van der Waals surface area contributed by atoms with Gasteiger partial charge in [0, 0.05) is 0 Å². The summed E-state index contributed by atoms with van der Waals surface area (Å²) in [5.41, 5.74) is 3.82. The molecule has 0 nitrogen and oxygen atoms in total. The maximum absolute atomic E-state index is 3.91. The van der Waals surface area contributed by atoms with Crippen LogP contribution in [0.15, 0.2) is 60.2 Å². The summed E-state index contributed by atoms with van der Waals surface area (Å²) in [6.45, 7) is 8.13. The van der Waals surface area contributed by atoms with Crippen molar-refractivity contribution in [3.63, 3.8) is 0 Å². The standard InChI is InChI=1S/C16H20/c1-4-15(13-14(2)3)11-8-12-16-9-6-5-7-10-16/h5-10,12-13H,2,4,11H2,1,3H3/b12-8+,15-13+. The van der Waals surface area contributed by atoms with Crippen LogP contribution in [0.1, 0.15) is 32.3 Å². The molecule has 0 N–H and O–H groups in total. The number of allylic oxidation sites excluding steroid dienone is 4. The molecule has 0 atom stereocenters.